The molecule has 2 aromatic rings. The number of nitrogens with one attached hydrogen (secondary N) is 1. The van der Waals surface area contributed by atoms with Crippen molar-refractivity contribution in [1.29, 1.82) is 0 Å². The third kappa shape index (κ3) is 1.78. The number of hydrogen-bond acceptors (Lipinski definition) is 3. The van der Waals surface area contributed by atoms with Gasteiger partial charge in [0, 0.05) is 11.3 Å². The number of rotatable bonds is 1. The van der Waals surface area contributed by atoms with Gasteiger partial charge in [0.1, 0.15) is 5.71 Å². The Kier molecular flexibility index (Phi) is 2.41. The van der Waals surface area contributed by atoms with Crippen LogP contribution in [0.4, 0.5) is 11.4 Å². The first kappa shape index (κ1) is 10.7. The monoisotopic (exact) mass is 237 g/mol. The van der Waals surface area contributed by atoms with Gasteiger partial charge in [0.05, 0.1) is 17.6 Å². The smallest absolute Gasteiger partial charge is 0.275 e. The first-order valence-corrected chi connectivity index (χ1v) is 5.66. The lowest BCUT2D eigenvalue weighted by molar-refractivity contribution is -0.110. The molecular formula is C14H11N3O. The number of fused-ring (bicyclic) bond motifs is 1. The van der Waals surface area contributed by atoms with Crippen LogP contribution in [-0.4, -0.2) is 16.6 Å². The van der Waals surface area contributed by atoms with Crippen LogP contribution in [0.2, 0.25) is 0 Å². The molecule has 1 aliphatic rings. The third-order valence-electron chi connectivity index (χ3n) is 2.78. The minimum atomic E-state index is -0.170. The Bertz CT molecular complexity index is 644. The molecule has 0 saturated carbocycles. The topological polar surface area (TPSA) is 54.4 Å². The van der Waals surface area contributed by atoms with Crippen molar-refractivity contribution in [2.45, 2.75) is 6.92 Å². The molecule has 1 aliphatic heterocycles. The number of amides is 1. The van der Waals surface area contributed by atoms with E-state index in [0.29, 0.717) is 11.4 Å². The standard InChI is InChI=1S/C14H11N3O/c1-9-6-7-10(8-15-9)16-13-11-4-2-3-5-12(11)17-14(13)18/h2-8H,1H3,(H,16,17,18). The number of nitrogens with zero attached hydrogens (tertiary/aromatic N) is 2. The van der Waals surface area contributed by atoms with Crippen LogP contribution in [0.25, 0.3) is 0 Å². The number of aryl methyl sites for hydroxylation is 1. The molecule has 0 fully saturated rings. The lowest BCUT2D eigenvalue weighted by Gasteiger charge is -1.97. The van der Waals surface area contributed by atoms with E-state index in [1.807, 2.05) is 43.3 Å². The zero-order valence-corrected chi connectivity index (χ0v) is 9.84. The number of para-hydroxylation sites is 1. The van der Waals surface area contributed by atoms with Crippen molar-refractivity contribution in [2.24, 2.45) is 4.99 Å². The maximum absolute atomic E-state index is 11.8. The summed E-state index contributed by atoms with van der Waals surface area (Å²) in [6, 6.07) is 11.2. The molecule has 0 bridgehead atoms. The minimum Gasteiger partial charge on any atom is -0.320 e. The molecule has 0 spiro atoms. The second-order valence-corrected chi connectivity index (χ2v) is 4.12. The lowest BCUT2D eigenvalue weighted by Crippen LogP contribution is -2.13. The first-order chi connectivity index (χ1) is 8.74. The molecule has 0 saturated heterocycles. The van der Waals surface area contributed by atoms with Crippen LogP contribution in [0.5, 0.6) is 0 Å². The van der Waals surface area contributed by atoms with E-state index in [1.54, 1.807) is 6.20 Å². The van der Waals surface area contributed by atoms with E-state index in [-0.39, 0.29) is 5.91 Å². The predicted octanol–water partition coefficient (Wildman–Crippen LogP) is 2.46. The molecule has 4 nitrogen and oxygen atoms in total. The van der Waals surface area contributed by atoms with Gasteiger partial charge in [-0.1, -0.05) is 18.2 Å². The average Bonchev–Trinajstić information content (AvgIpc) is 2.69. The van der Waals surface area contributed by atoms with Crippen molar-refractivity contribution in [3.8, 4) is 0 Å². The molecule has 1 N–H and O–H groups in total. The quantitative estimate of drug-likeness (QED) is 0.828. The summed E-state index contributed by atoms with van der Waals surface area (Å²) in [6.45, 7) is 1.91. The summed E-state index contributed by atoms with van der Waals surface area (Å²) in [5.41, 5.74) is 3.69. The molecule has 0 aliphatic carbocycles. The summed E-state index contributed by atoms with van der Waals surface area (Å²) < 4.78 is 0. The van der Waals surface area contributed by atoms with Crippen molar-refractivity contribution in [3.63, 3.8) is 0 Å². The molecule has 0 radical (unpaired) electrons. The van der Waals surface area contributed by atoms with Crippen LogP contribution in [0.3, 0.4) is 0 Å². The largest absolute Gasteiger partial charge is 0.320 e. The molecule has 1 aromatic carbocycles. The van der Waals surface area contributed by atoms with Crippen LogP contribution in [0, 0.1) is 6.92 Å². The van der Waals surface area contributed by atoms with Crippen molar-refractivity contribution < 1.29 is 4.79 Å². The van der Waals surface area contributed by atoms with Crippen molar-refractivity contribution in [2.75, 3.05) is 5.32 Å². The highest BCUT2D eigenvalue weighted by molar-refractivity contribution is 6.54. The van der Waals surface area contributed by atoms with E-state index >= 15 is 0 Å². The normalized spacial score (nSPS) is 15.6. The Morgan fingerprint density at radius 1 is 1.17 bits per heavy atom. The van der Waals surface area contributed by atoms with E-state index < -0.39 is 0 Å². The molecule has 3 rings (SSSR count). The Balaban J connectivity index is 2.07. The van der Waals surface area contributed by atoms with Crippen LogP contribution in [-0.2, 0) is 4.79 Å². The number of carbonyl (C=O) groups excluding carboxylic acids is 1. The Morgan fingerprint density at radius 3 is 2.78 bits per heavy atom. The van der Waals surface area contributed by atoms with Crippen molar-refractivity contribution >= 4 is 23.0 Å². The highest BCUT2D eigenvalue weighted by atomic mass is 16.2. The molecule has 88 valence electrons. The van der Waals surface area contributed by atoms with Crippen molar-refractivity contribution in [3.05, 3.63) is 53.9 Å². The molecule has 1 aromatic heterocycles. The van der Waals surface area contributed by atoms with Gasteiger partial charge in [-0.25, -0.2) is 4.99 Å². The number of hydrogen-bond donors (Lipinski definition) is 1. The van der Waals surface area contributed by atoms with Gasteiger partial charge < -0.3 is 5.32 Å². The number of carbonyl (C=O) groups is 1. The second-order valence-electron chi connectivity index (χ2n) is 4.12. The SMILES string of the molecule is Cc1ccc(N=C2C(=O)Nc3ccccc32)cn1. The summed E-state index contributed by atoms with van der Waals surface area (Å²) >= 11 is 0. The predicted molar refractivity (Wildman–Crippen MR) is 70.2 cm³/mol. The lowest BCUT2D eigenvalue weighted by atomic mass is 10.1. The van der Waals surface area contributed by atoms with Gasteiger partial charge in [-0.15, -0.1) is 0 Å². The number of pyridine rings is 1. The summed E-state index contributed by atoms with van der Waals surface area (Å²) in [7, 11) is 0. The Hall–Kier alpha value is -2.49. The third-order valence-corrected chi connectivity index (χ3v) is 2.78. The van der Waals surface area contributed by atoms with Gasteiger partial charge in [-0.2, -0.15) is 0 Å². The fraction of sp³-hybridized carbons (Fsp3) is 0.0714. The maximum atomic E-state index is 11.8. The maximum Gasteiger partial charge on any atom is 0.275 e. The number of aliphatic imine (C=N–C) groups is 1. The summed E-state index contributed by atoms with van der Waals surface area (Å²) in [5, 5.41) is 2.79. The van der Waals surface area contributed by atoms with E-state index in [0.717, 1.165) is 16.9 Å². The molecule has 4 heteroatoms. The number of benzene rings is 1. The van der Waals surface area contributed by atoms with Gasteiger partial charge in [-0.05, 0) is 25.1 Å². The molecule has 0 unspecified atom stereocenters. The minimum absolute atomic E-state index is 0.170. The van der Waals surface area contributed by atoms with Gasteiger partial charge in [-0.3, -0.25) is 9.78 Å². The summed E-state index contributed by atoms with van der Waals surface area (Å²) in [4.78, 5) is 20.4. The molecule has 1 amide bonds. The first-order valence-electron chi connectivity index (χ1n) is 5.66. The molecule has 2 heterocycles. The molecule has 18 heavy (non-hydrogen) atoms. The van der Waals surface area contributed by atoms with Crippen molar-refractivity contribution in [1.82, 2.24) is 4.98 Å². The summed E-state index contributed by atoms with van der Waals surface area (Å²) in [6.07, 6.45) is 1.66. The zero-order valence-electron chi connectivity index (χ0n) is 9.84. The average molecular weight is 237 g/mol. The zero-order chi connectivity index (χ0) is 12.5. The highest BCUT2D eigenvalue weighted by Crippen LogP contribution is 2.24. The van der Waals surface area contributed by atoms with E-state index in [4.69, 9.17) is 0 Å². The van der Waals surface area contributed by atoms with Gasteiger partial charge in [0.25, 0.3) is 5.91 Å². The van der Waals surface area contributed by atoms with Crippen LogP contribution >= 0.6 is 0 Å². The Morgan fingerprint density at radius 2 is 2.00 bits per heavy atom. The van der Waals surface area contributed by atoms with Gasteiger partial charge in [0.2, 0.25) is 0 Å². The summed E-state index contributed by atoms with van der Waals surface area (Å²) in [5.74, 6) is -0.170. The van der Waals surface area contributed by atoms with Crippen LogP contribution < -0.4 is 5.32 Å². The second kappa shape index (κ2) is 4.07. The number of aromatic nitrogens is 1. The molecular weight excluding hydrogens is 226 g/mol. The molecule has 0 atom stereocenters. The van der Waals surface area contributed by atoms with E-state index in [1.165, 1.54) is 0 Å². The number of anilines is 1. The van der Waals surface area contributed by atoms with Crippen LogP contribution in [0.1, 0.15) is 11.3 Å². The fourth-order valence-corrected chi connectivity index (χ4v) is 1.87. The fourth-order valence-electron chi connectivity index (χ4n) is 1.87. The highest BCUT2D eigenvalue weighted by Gasteiger charge is 2.25. The van der Waals surface area contributed by atoms with Gasteiger partial charge in [0.15, 0.2) is 0 Å². The van der Waals surface area contributed by atoms with Crippen LogP contribution in [0.15, 0.2) is 47.6 Å². The van der Waals surface area contributed by atoms with E-state index in [2.05, 4.69) is 15.3 Å². The van der Waals surface area contributed by atoms with Gasteiger partial charge >= 0.3 is 0 Å². The van der Waals surface area contributed by atoms with E-state index in [9.17, 15) is 4.79 Å². The Labute approximate surface area is 104 Å².